The number of para-hydroxylation sites is 1. The zero-order valence-electron chi connectivity index (χ0n) is 19.4. The quantitative estimate of drug-likeness (QED) is 0.444. The normalized spacial score (nSPS) is 13.9. The lowest BCUT2D eigenvalue weighted by atomic mass is 10.2. The number of aromatic nitrogens is 5. The number of anilines is 1. The first-order chi connectivity index (χ1) is 15.9. The van der Waals surface area contributed by atoms with Crippen LogP contribution in [0.1, 0.15) is 30.2 Å². The molecule has 12 heteroatoms. The van der Waals surface area contributed by atoms with E-state index < -0.39 is 22.3 Å². The highest BCUT2D eigenvalue weighted by atomic mass is 32.2. The molecule has 0 aliphatic carbocycles. The van der Waals surface area contributed by atoms with Gasteiger partial charge in [0.25, 0.3) is 0 Å². The fourth-order valence-electron chi connectivity index (χ4n) is 3.24. The molecule has 0 amide bonds. The van der Waals surface area contributed by atoms with Gasteiger partial charge in [-0.3, -0.25) is 9.29 Å². The Hall–Kier alpha value is -3.09. The van der Waals surface area contributed by atoms with E-state index in [4.69, 9.17) is 18.9 Å². The monoisotopic (exact) mass is 476 g/mol. The molecule has 0 aliphatic rings. The van der Waals surface area contributed by atoms with E-state index in [-0.39, 0.29) is 12.6 Å². The molecule has 33 heavy (non-hydrogen) atoms. The first-order valence-electron chi connectivity index (χ1n) is 10.1. The fraction of sp³-hybridized carbons (Fsp3) is 0.429. The lowest BCUT2D eigenvalue weighted by Crippen LogP contribution is -2.29. The predicted molar refractivity (Wildman–Crippen MR) is 123 cm³/mol. The molecule has 2 heterocycles. The maximum atomic E-state index is 13.3. The largest absolute Gasteiger partial charge is 0.494 e. The summed E-state index contributed by atoms with van der Waals surface area (Å²) in [6, 6.07) is 5.38. The Kier molecular flexibility index (Phi) is 8.31. The van der Waals surface area contributed by atoms with Crippen LogP contribution in [0, 0.1) is 6.92 Å². The molecule has 1 N–H and O–H groups in total. The number of ether oxygens (including phenoxy) is 4. The first kappa shape index (κ1) is 24.6. The highest BCUT2D eigenvalue weighted by molar-refractivity contribution is 7.87. The summed E-state index contributed by atoms with van der Waals surface area (Å²) < 4.78 is 39.8. The zero-order chi connectivity index (χ0) is 24.0. The van der Waals surface area contributed by atoms with Crippen LogP contribution in [0.2, 0.25) is 0 Å². The fourth-order valence-corrected chi connectivity index (χ4v) is 4.20. The molecule has 0 bridgehead atoms. The Labute approximate surface area is 195 Å². The molecule has 0 fully saturated rings. The Morgan fingerprint density at radius 2 is 1.70 bits per heavy atom. The molecule has 2 aromatic heterocycles. The summed E-state index contributed by atoms with van der Waals surface area (Å²) in [6.45, 7) is 3.84. The van der Waals surface area contributed by atoms with Gasteiger partial charge in [0.1, 0.15) is 40.9 Å². The van der Waals surface area contributed by atoms with Crippen molar-refractivity contribution in [3.63, 3.8) is 0 Å². The van der Waals surface area contributed by atoms with E-state index in [1.54, 1.807) is 63.4 Å². The lowest BCUT2D eigenvalue weighted by molar-refractivity contribution is 0.0961. The van der Waals surface area contributed by atoms with E-state index in [1.165, 1.54) is 7.11 Å². The minimum Gasteiger partial charge on any atom is -0.494 e. The van der Waals surface area contributed by atoms with Gasteiger partial charge in [-0.25, -0.2) is 14.2 Å². The van der Waals surface area contributed by atoms with Crippen LogP contribution in [0.3, 0.4) is 0 Å². The van der Waals surface area contributed by atoms with Gasteiger partial charge >= 0.3 is 0 Å². The van der Waals surface area contributed by atoms with Gasteiger partial charge in [0.2, 0.25) is 5.95 Å². The standard InChI is InChI=1S/C21H28N6O5S/c1-13-10-22-20(23-11-13)19(32-6)14(2)33(28)26-21-25-24-17(12-29-3)27(21)18-15(30-4)8-7-9-16(18)31-5/h7-11,14,19H,12H2,1-6H3,(H,25,26). The van der Waals surface area contributed by atoms with E-state index in [0.717, 1.165) is 5.56 Å². The molecule has 11 nitrogen and oxygen atoms in total. The summed E-state index contributed by atoms with van der Waals surface area (Å²) in [6.07, 6.45) is 2.78. The maximum absolute atomic E-state index is 13.3. The van der Waals surface area contributed by atoms with Gasteiger partial charge in [0.05, 0.1) is 19.5 Å². The summed E-state index contributed by atoms with van der Waals surface area (Å²) in [5.41, 5.74) is 1.47. The van der Waals surface area contributed by atoms with Crippen molar-refractivity contribution in [1.29, 1.82) is 0 Å². The molecule has 0 saturated heterocycles. The van der Waals surface area contributed by atoms with Crippen LogP contribution >= 0.6 is 0 Å². The average molecular weight is 477 g/mol. The van der Waals surface area contributed by atoms with Gasteiger partial charge in [-0.2, -0.15) is 0 Å². The zero-order valence-corrected chi connectivity index (χ0v) is 20.3. The number of nitrogens with zero attached hydrogens (tertiary/aromatic N) is 5. The summed E-state index contributed by atoms with van der Waals surface area (Å²) in [4.78, 5) is 8.64. The molecule has 3 unspecified atom stereocenters. The van der Waals surface area contributed by atoms with Crippen molar-refractivity contribution in [3.05, 3.63) is 47.8 Å². The number of nitrogens with one attached hydrogen (secondary N) is 1. The minimum absolute atomic E-state index is 0.163. The van der Waals surface area contributed by atoms with Crippen molar-refractivity contribution >= 4 is 16.9 Å². The van der Waals surface area contributed by atoms with Crippen molar-refractivity contribution in [2.24, 2.45) is 0 Å². The maximum Gasteiger partial charge on any atom is 0.241 e. The second-order valence-electron chi connectivity index (χ2n) is 7.10. The van der Waals surface area contributed by atoms with E-state index in [1.807, 2.05) is 6.92 Å². The second-order valence-corrected chi connectivity index (χ2v) is 8.64. The number of rotatable bonds is 11. The minimum atomic E-state index is -1.64. The number of hydrogen-bond donors (Lipinski definition) is 1. The third kappa shape index (κ3) is 5.29. The Morgan fingerprint density at radius 1 is 1.06 bits per heavy atom. The van der Waals surface area contributed by atoms with Crippen molar-refractivity contribution in [2.45, 2.75) is 31.8 Å². The number of aryl methyl sites for hydroxylation is 1. The molecule has 1 aromatic carbocycles. The van der Waals surface area contributed by atoms with E-state index >= 15 is 0 Å². The molecule has 3 atom stereocenters. The molecule has 3 aromatic rings. The molecular weight excluding hydrogens is 448 g/mol. The molecule has 0 spiro atoms. The summed E-state index contributed by atoms with van der Waals surface area (Å²) in [5, 5.41) is 7.88. The van der Waals surface area contributed by atoms with Crippen molar-refractivity contribution in [3.8, 4) is 17.2 Å². The second kappa shape index (κ2) is 11.2. The van der Waals surface area contributed by atoms with E-state index in [9.17, 15) is 4.21 Å². The van der Waals surface area contributed by atoms with E-state index in [2.05, 4.69) is 24.9 Å². The van der Waals surface area contributed by atoms with Crippen LogP contribution in [-0.4, -0.2) is 62.6 Å². The summed E-state index contributed by atoms with van der Waals surface area (Å²) in [5.74, 6) is 2.19. The van der Waals surface area contributed by atoms with Crippen LogP contribution in [0.25, 0.3) is 5.69 Å². The highest BCUT2D eigenvalue weighted by Crippen LogP contribution is 2.35. The highest BCUT2D eigenvalue weighted by Gasteiger charge is 2.29. The molecule has 0 saturated carbocycles. The Balaban J connectivity index is 1.98. The van der Waals surface area contributed by atoms with E-state index in [0.29, 0.717) is 28.8 Å². The SMILES string of the molecule is COCc1nnc(NS(=O)C(C)C(OC)c2ncc(C)cn2)n1-c1c(OC)cccc1OC. The van der Waals surface area contributed by atoms with Crippen molar-refractivity contribution in [1.82, 2.24) is 24.7 Å². The number of hydrogen-bond acceptors (Lipinski definition) is 9. The molecule has 0 radical (unpaired) electrons. The van der Waals surface area contributed by atoms with Crippen molar-refractivity contribution in [2.75, 3.05) is 33.2 Å². The third-order valence-corrected chi connectivity index (χ3v) is 6.20. The van der Waals surface area contributed by atoms with Crippen LogP contribution in [0.4, 0.5) is 5.95 Å². The van der Waals surface area contributed by atoms with Crippen LogP contribution in [0.15, 0.2) is 30.6 Å². The van der Waals surface area contributed by atoms with Crippen LogP contribution < -0.4 is 14.2 Å². The van der Waals surface area contributed by atoms with Gasteiger partial charge < -0.3 is 18.9 Å². The van der Waals surface area contributed by atoms with Crippen molar-refractivity contribution < 1.29 is 23.2 Å². The van der Waals surface area contributed by atoms with Gasteiger partial charge in [-0.15, -0.1) is 10.2 Å². The predicted octanol–water partition coefficient (Wildman–Crippen LogP) is 2.38. The van der Waals surface area contributed by atoms with Gasteiger partial charge in [0.15, 0.2) is 11.6 Å². The third-order valence-electron chi connectivity index (χ3n) is 4.89. The molecular formula is C21H28N6O5S. The molecule has 3 rings (SSSR count). The van der Waals surface area contributed by atoms with Gasteiger partial charge in [0, 0.05) is 26.6 Å². The van der Waals surface area contributed by atoms with Crippen LogP contribution in [0.5, 0.6) is 11.5 Å². The number of methoxy groups -OCH3 is 4. The number of benzene rings is 1. The Morgan fingerprint density at radius 3 is 2.24 bits per heavy atom. The lowest BCUT2D eigenvalue weighted by Gasteiger charge is -2.22. The summed E-state index contributed by atoms with van der Waals surface area (Å²) >= 11 is 0. The Bertz CT molecular complexity index is 1070. The van der Waals surface area contributed by atoms with Gasteiger partial charge in [-0.1, -0.05) is 6.07 Å². The smallest absolute Gasteiger partial charge is 0.241 e. The van der Waals surface area contributed by atoms with Crippen LogP contribution in [-0.2, 0) is 27.1 Å². The summed E-state index contributed by atoms with van der Waals surface area (Å²) in [7, 11) is 4.54. The topological polar surface area (TPSA) is 123 Å². The molecule has 0 aliphatic heterocycles. The average Bonchev–Trinajstić information content (AvgIpc) is 3.21. The van der Waals surface area contributed by atoms with Gasteiger partial charge in [-0.05, 0) is 31.5 Å². The first-order valence-corrected chi connectivity index (χ1v) is 11.3. The molecule has 178 valence electrons.